The number of nitrogens with one attached hydrogen (secondary N) is 1. The fourth-order valence-electron chi connectivity index (χ4n) is 1.84. The van der Waals surface area contributed by atoms with Crippen molar-refractivity contribution in [1.82, 2.24) is 14.5 Å². The number of amides is 1. The lowest BCUT2D eigenvalue weighted by molar-refractivity contribution is 0.102. The monoisotopic (exact) mass is 264 g/mol. The van der Waals surface area contributed by atoms with Crippen LogP contribution in [0.4, 0.5) is 5.69 Å². The molecule has 1 aromatic carbocycles. The average molecular weight is 264 g/mol. The van der Waals surface area contributed by atoms with Crippen LogP contribution in [0, 0.1) is 0 Å². The highest BCUT2D eigenvalue weighted by Crippen LogP contribution is 2.11. The lowest BCUT2D eigenvalue weighted by Gasteiger charge is -2.06. The van der Waals surface area contributed by atoms with Gasteiger partial charge >= 0.3 is 0 Å². The van der Waals surface area contributed by atoms with E-state index in [1.54, 1.807) is 49.2 Å². The third-order valence-electron chi connectivity index (χ3n) is 2.85. The fraction of sp³-hybridized carbons (Fsp3) is 0. The quantitative estimate of drug-likeness (QED) is 0.790. The van der Waals surface area contributed by atoms with E-state index >= 15 is 0 Å². The van der Waals surface area contributed by atoms with Crippen molar-refractivity contribution in [2.24, 2.45) is 0 Å². The van der Waals surface area contributed by atoms with E-state index in [0.717, 1.165) is 5.69 Å². The lowest BCUT2D eigenvalue weighted by Crippen LogP contribution is -2.11. The van der Waals surface area contributed by atoms with Crippen molar-refractivity contribution in [3.05, 3.63) is 73.1 Å². The molecule has 0 aliphatic carbocycles. The molecule has 20 heavy (non-hydrogen) atoms. The maximum absolute atomic E-state index is 12.1. The molecule has 0 aliphatic heterocycles. The molecule has 2 heterocycles. The molecule has 3 aromatic rings. The predicted octanol–water partition coefficient (Wildman–Crippen LogP) is 2.52. The van der Waals surface area contributed by atoms with Gasteiger partial charge in [0.05, 0.1) is 18.2 Å². The number of anilines is 1. The van der Waals surface area contributed by atoms with Crippen LogP contribution in [0.15, 0.2) is 67.5 Å². The van der Waals surface area contributed by atoms with Gasteiger partial charge in [-0.15, -0.1) is 0 Å². The second-order valence-electron chi connectivity index (χ2n) is 4.21. The lowest BCUT2D eigenvalue weighted by atomic mass is 10.2. The Bertz CT molecular complexity index is 691. The number of aromatic nitrogens is 3. The maximum atomic E-state index is 12.1. The molecule has 0 atom stereocenters. The Kier molecular flexibility index (Phi) is 3.24. The highest BCUT2D eigenvalue weighted by Gasteiger charge is 2.06. The largest absolute Gasteiger partial charge is 0.321 e. The van der Waals surface area contributed by atoms with Gasteiger partial charge in [0.1, 0.15) is 0 Å². The van der Waals surface area contributed by atoms with E-state index in [1.807, 2.05) is 22.9 Å². The summed E-state index contributed by atoms with van der Waals surface area (Å²) in [6.45, 7) is 0. The number of imidazole rings is 1. The minimum Gasteiger partial charge on any atom is -0.321 e. The van der Waals surface area contributed by atoms with Crippen LogP contribution in [-0.2, 0) is 0 Å². The van der Waals surface area contributed by atoms with Crippen LogP contribution >= 0.6 is 0 Å². The Morgan fingerprint density at radius 1 is 1.05 bits per heavy atom. The molecular weight excluding hydrogens is 252 g/mol. The van der Waals surface area contributed by atoms with Crippen LogP contribution in [0.25, 0.3) is 5.69 Å². The van der Waals surface area contributed by atoms with Crippen molar-refractivity contribution in [2.45, 2.75) is 0 Å². The number of rotatable bonds is 3. The van der Waals surface area contributed by atoms with Crippen molar-refractivity contribution in [3.63, 3.8) is 0 Å². The third-order valence-corrected chi connectivity index (χ3v) is 2.85. The summed E-state index contributed by atoms with van der Waals surface area (Å²) in [7, 11) is 0. The first-order chi connectivity index (χ1) is 9.83. The Morgan fingerprint density at radius 3 is 2.55 bits per heavy atom. The molecule has 0 saturated heterocycles. The van der Waals surface area contributed by atoms with Crippen molar-refractivity contribution in [1.29, 1.82) is 0 Å². The number of benzene rings is 1. The molecule has 3 rings (SSSR count). The maximum Gasteiger partial charge on any atom is 0.255 e. The highest BCUT2D eigenvalue weighted by atomic mass is 16.1. The number of nitrogens with zero attached hydrogens (tertiary/aromatic N) is 3. The van der Waals surface area contributed by atoms with E-state index in [-0.39, 0.29) is 5.91 Å². The van der Waals surface area contributed by atoms with E-state index in [0.29, 0.717) is 11.3 Å². The number of hydrogen-bond acceptors (Lipinski definition) is 3. The molecule has 98 valence electrons. The Morgan fingerprint density at radius 2 is 1.90 bits per heavy atom. The molecule has 0 radical (unpaired) electrons. The summed E-state index contributed by atoms with van der Waals surface area (Å²) in [6, 6.07) is 10.9. The molecule has 0 saturated carbocycles. The van der Waals surface area contributed by atoms with Gasteiger partial charge in [-0.05, 0) is 36.4 Å². The van der Waals surface area contributed by atoms with Crippen LogP contribution in [0.1, 0.15) is 10.4 Å². The Labute approximate surface area is 115 Å². The molecule has 0 unspecified atom stereocenters. The van der Waals surface area contributed by atoms with Crippen LogP contribution in [0.2, 0.25) is 0 Å². The Hall–Kier alpha value is -2.95. The summed E-state index contributed by atoms with van der Waals surface area (Å²) in [5.74, 6) is -0.157. The van der Waals surface area contributed by atoms with Gasteiger partial charge in [0, 0.05) is 29.8 Å². The second kappa shape index (κ2) is 5.36. The number of pyridine rings is 1. The van der Waals surface area contributed by atoms with Crippen LogP contribution in [0.3, 0.4) is 0 Å². The van der Waals surface area contributed by atoms with E-state index in [2.05, 4.69) is 15.3 Å². The second-order valence-corrected chi connectivity index (χ2v) is 4.21. The summed E-state index contributed by atoms with van der Waals surface area (Å²) < 4.78 is 1.88. The molecule has 5 heteroatoms. The van der Waals surface area contributed by atoms with E-state index in [1.165, 1.54) is 0 Å². The van der Waals surface area contributed by atoms with Crippen LogP contribution in [-0.4, -0.2) is 20.4 Å². The summed E-state index contributed by atoms with van der Waals surface area (Å²) in [6.07, 6.45) is 8.55. The highest BCUT2D eigenvalue weighted by molar-refractivity contribution is 6.04. The molecule has 0 bridgehead atoms. The zero-order valence-corrected chi connectivity index (χ0v) is 10.6. The van der Waals surface area contributed by atoms with E-state index < -0.39 is 0 Å². The van der Waals surface area contributed by atoms with Crippen molar-refractivity contribution >= 4 is 11.6 Å². The first-order valence-corrected chi connectivity index (χ1v) is 6.13. The number of carbonyl (C=O) groups excluding carboxylic acids is 1. The topological polar surface area (TPSA) is 59.8 Å². The molecule has 0 aliphatic rings. The first-order valence-electron chi connectivity index (χ1n) is 6.13. The van der Waals surface area contributed by atoms with Crippen molar-refractivity contribution in [3.8, 4) is 5.69 Å². The number of carbonyl (C=O) groups is 1. The van der Waals surface area contributed by atoms with Gasteiger partial charge in [-0.1, -0.05) is 0 Å². The zero-order chi connectivity index (χ0) is 13.8. The van der Waals surface area contributed by atoms with Gasteiger partial charge in [-0.25, -0.2) is 4.98 Å². The first kappa shape index (κ1) is 12.1. The molecule has 0 spiro atoms. The molecule has 0 fully saturated rings. The minimum atomic E-state index is -0.157. The summed E-state index contributed by atoms with van der Waals surface area (Å²) in [4.78, 5) is 20.0. The molecular formula is C15H12N4O. The van der Waals surface area contributed by atoms with Gasteiger partial charge < -0.3 is 9.88 Å². The van der Waals surface area contributed by atoms with Gasteiger partial charge in [-0.2, -0.15) is 0 Å². The number of hydrogen-bond donors (Lipinski definition) is 1. The van der Waals surface area contributed by atoms with Crippen molar-refractivity contribution < 1.29 is 4.79 Å². The van der Waals surface area contributed by atoms with Gasteiger partial charge in [0.15, 0.2) is 0 Å². The van der Waals surface area contributed by atoms with E-state index in [9.17, 15) is 4.79 Å². The summed E-state index contributed by atoms with van der Waals surface area (Å²) in [5, 5.41) is 2.79. The SMILES string of the molecule is O=C(Nc1cccnc1)c1ccc(-n2ccnc2)cc1. The zero-order valence-electron chi connectivity index (χ0n) is 10.6. The Balaban J connectivity index is 1.76. The van der Waals surface area contributed by atoms with Gasteiger partial charge in [-0.3, -0.25) is 9.78 Å². The van der Waals surface area contributed by atoms with Crippen molar-refractivity contribution in [2.75, 3.05) is 5.32 Å². The molecule has 2 aromatic heterocycles. The van der Waals surface area contributed by atoms with Gasteiger partial charge in [0.2, 0.25) is 0 Å². The summed E-state index contributed by atoms with van der Waals surface area (Å²) in [5.41, 5.74) is 2.23. The molecule has 1 N–H and O–H groups in total. The smallest absolute Gasteiger partial charge is 0.255 e. The minimum absolute atomic E-state index is 0.157. The average Bonchev–Trinajstić information content (AvgIpc) is 3.03. The standard InChI is InChI=1S/C15H12N4O/c20-15(18-13-2-1-7-16-10-13)12-3-5-14(6-4-12)19-9-8-17-11-19/h1-11H,(H,18,20). The molecule has 1 amide bonds. The normalized spacial score (nSPS) is 10.2. The fourth-order valence-corrected chi connectivity index (χ4v) is 1.84. The predicted molar refractivity (Wildman–Crippen MR) is 75.8 cm³/mol. The third kappa shape index (κ3) is 2.56. The van der Waals surface area contributed by atoms with E-state index in [4.69, 9.17) is 0 Å². The van der Waals surface area contributed by atoms with Gasteiger partial charge in [0.25, 0.3) is 5.91 Å². The summed E-state index contributed by atoms with van der Waals surface area (Å²) >= 11 is 0. The van der Waals surface area contributed by atoms with Crippen LogP contribution < -0.4 is 5.32 Å². The molecule has 5 nitrogen and oxygen atoms in total. The van der Waals surface area contributed by atoms with Crippen LogP contribution in [0.5, 0.6) is 0 Å².